The van der Waals surface area contributed by atoms with E-state index < -0.39 is 21.8 Å². The van der Waals surface area contributed by atoms with Crippen molar-refractivity contribution in [1.29, 1.82) is 0 Å². The molecule has 0 saturated heterocycles. The minimum absolute atomic E-state index is 0.660. The topological polar surface area (TPSA) is 99.4 Å². The molecule has 0 aliphatic rings. The van der Waals surface area contributed by atoms with E-state index in [1.807, 2.05) is 0 Å². The third-order valence-corrected chi connectivity index (χ3v) is 5.07. The van der Waals surface area contributed by atoms with E-state index in [1.54, 1.807) is 0 Å². The second-order valence-electron chi connectivity index (χ2n) is 1.84. The molecule has 0 heterocycles. The van der Waals surface area contributed by atoms with Crippen LogP contribution in [0.1, 0.15) is 0 Å². The fraction of sp³-hybridized carbons (Fsp3) is 1.00. The molecule has 0 aliphatic heterocycles. The van der Waals surface area contributed by atoms with Gasteiger partial charge in [-0.15, -0.1) is 0 Å². The van der Waals surface area contributed by atoms with Gasteiger partial charge in [0.15, 0.2) is 0 Å². The van der Waals surface area contributed by atoms with E-state index in [1.165, 1.54) is 0 Å². The van der Waals surface area contributed by atoms with Crippen molar-refractivity contribution in [2.75, 3.05) is 20.1 Å². The molecule has 0 atom stereocenters. The third kappa shape index (κ3) is 4.95. The molecule has 11 heavy (non-hydrogen) atoms. The molecule has 8 heteroatoms. The normalized spacial score (nSPS) is 13.6. The Bertz CT molecular complexity index is 111. The van der Waals surface area contributed by atoms with Crippen molar-refractivity contribution < 1.29 is 28.6 Å². The predicted molar refractivity (Wildman–Crippen MR) is 41.6 cm³/mol. The Kier molecular flexibility index (Phi) is 4.26. The first-order chi connectivity index (χ1) is 4.83. The Morgan fingerprint density at radius 3 is 1.36 bits per heavy atom. The highest BCUT2D eigenvalue weighted by molar-refractivity contribution is 7.76. The van der Waals surface area contributed by atoms with Crippen LogP contribution in [0, 0.1) is 0 Å². The molecular weight excluding hydrogens is 194 g/mol. The fourth-order valence-electron chi connectivity index (χ4n) is 0.355. The van der Waals surface area contributed by atoms with Gasteiger partial charge in [-0.05, 0) is 0 Å². The number of hydrogen-bond donors (Lipinski definition) is 4. The summed E-state index contributed by atoms with van der Waals surface area (Å²) in [6.07, 6.45) is 0. The van der Waals surface area contributed by atoms with Gasteiger partial charge in [0.05, 0.1) is 14.2 Å². The molecule has 0 aliphatic carbocycles. The SMILES string of the molecule is CO[P+](O)(O)C[P+](O)(O)OC. The summed E-state index contributed by atoms with van der Waals surface area (Å²) >= 11 is 0. The van der Waals surface area contributed by atoms with E-state index in [4.69, 9.17) is 19.6 Å². The van der Waals surface area contributed by atoms with Crippen LogP contribution in [0.15, 0.2) is 0 Å². The first-order valence-corrected chi connectivity index (χ1v) is 6.21. The zero-order chi connectivity index (χ0) is 9.12. The largest absolute Gasteiger partial charge is 0.453 e. The van der Waals surface area contributed by atoms with Crippen LogP contribution in [-0.2, 0) is 9.05 Å². The van der Waals surface area contributed by atoms with E-state index in [0.29, 0.717) is 0 Å². The van der Waals surface area contributed by atoms with Crippen molar-refractivity contribution in [1.82, 2.24) is 0 Å². The zero-order valence-electron chi connectivity index (χ0n) is 6.21. The summed E-state index contributed by atoms with van der Waals surface area (Å²) < 4.78 is 8.45. The van der Waals surface area contributed by atoms with Gasteiger partial charge in [0.25, 0.3) is 0 Å². The zero-order valence-corrected chi connectivity index (χ0v) is 8.00. The van der Waals surface area contributed by atoms with Crippen LogP contribution in [0.3, 0.4) is 0 Å². The van der Waals surface area contributed by atoms with Gasteiger partial charge in [-0.2, -0.15) is 28.6 Å². The van der Waals surface area contributed by atoms with Crippen LogP contribution in [0.4, 0.5) is 0 Å². The van der Waals surface area contributed by atoms with Gasteiger partial charge in [-0.3, -0.25) is 0 Å². The smallest absolute Gasteiger partial charge is 0.190 e. The first kappa shape index (κ1) is 11.6. The highest BCUT2D eigenvalue weighted by Crippen LogP contribution is 2.66. The van der Waals surface area contributed by atoms with Gasteiger partial charge in [-0.25, -0.2) is 0 Å². The molecule has 0 fully saturated rings. The summed E-state index contributed by atoms with van der Waals surface area (Å²) in [4.78, 5) is 35.4. The first-order valence-electron chi connectivity index (χ1n) is 2.61. The highest BCUT2D eigenvalue weighted by atomic mass is 31.3. The van der Waals surface area contributed by atoms with E-state index in [2.05, 4.69) is 9.05 Å². The third-order valence-electron chi connectivity index (χ3n) is 0.953. The van der Waals surface area contributed by atoms with Gasteiger partial charge in [0.1, 0.15) is 0 Å². The molecule has 0 radical (unpaired) electrons. The summed E-state index contributed by atoms with van der Waals surface area (Å²) in [5.74, 6) is -0.660. The summed E-state index contributed by atoms with van der Waals surface area (Å²) in [5, 5.41) is 0. The lowest BCUT2D eigenvalue weighted by Gasteiger charge is -2.10. The van der Waals surface area contributed by atoms with E-state index in [-0.39, 0.29) is 0 Å². The number of rotatable bonds is 4. The van der Waals surface area contributed by atoms with Gasteiger partial charge in [0, 0.05) is 0 Å². The molecule has 0 rings (SSSR count). The highest BCUT2D eigenvalue weighted by Gasteiger charge is 2.53. The van der Waals surface area contributed by atoms with Crippen molar-refractivity contribution in [2.24, 2.45) is 0 Å². The molecule has 0 saturated carbocycles. The molecule has 0 aromatic carbocycles. The van der Waals surface area contributed by atoms with E-state index in [9.17, 15) is 0 Å². The van der Waals surface area contributed by atoms with Crippen LogP contribution in [0.25, 0.3) is 0 Å². The van der Waals surface area contributed by atoms with Crippen LogP contribution in [-0.4, -0.2) is 39.7 Å². The Labute approximate surface area is 65.6 Å². The molecule has 0 aromatic heterocycles. The van der Waals surface area contributed by atoms with Crippen molar-refractivity contribution >= 4 is 15.9 Å². The maximum atomic E-state index is 8.86. The van der Waals surface area contributed by atoms with Crippen LogP contribution in [0.5, 0.6) is 0 Å². The Balaban J connectivity index is 4.02. The van der Waals surface area contributed by atoms with Crippen LogP contribution < -0.4 is 0 Å². The minimum Gasteiger partial charge on any atom is -0.190 e. The van der Waals surface area contributed by atoms with Crippen LogP contribution in [0.2, 0.25) is 0 Å². The standard InChI is InChI=1S/C3H12O6P2/c1-8-10(4,5)3-11(6,7)9-2/h4-7H,3H2,1-2H3/q+2. The minimum atomic E-state index is -3.64. The molecule has 0 bridgehead atoms. The second kappa shape index (κ2) is 4.03. The van der Waals surface area contributed by atoms with E-state index >= 15 is 0 Å². The fourth-order valence-corrected chi connectivity index (χ4v) is 3.20. The lowest BCUT2D eigenvalue weighted by Crippen LogP contribution is -2.05. The molecule has 0 amide bonds. The van der Waals surface area contributed by atoms with Crippen molar-refractivity contribution in [2.45, 2.75) is 0 Å². The second-order valence-corrected chi connectivity index (χ2v) is 6.36. The Hall–Kier alpha value is 0.620. The quantitative estimate of drug-likeness (QED) is 0.472. The van der Waals surface area contributed by atoms with E-state index in [0.717, 1.165) is 14.2 Å². The molecule has 0 aromatic rings. The van der Waals surface area contributed by atoms with Gasteiger partial charge in [0.2, 0.25) is 0 Å². The van der Waals surface area contributed by atoms with Crippen molar-refractivity contribution in [3.63, 3.8) is 0 Å². The molecular formula is C3H12O6P2+2. The average Bonchev–Trinajstić information content (AvgIpc) is 1.86. The van der Waals surface area contributed by atoms with Gasteiger partial charge in [-0.1, -0.05) is 0 Å². The molecule has 6 nitrogen and oxygen atoms in total. The van der Waals surface area contributed by atoms with Crippen molar-refractivity contribution in [3.8, 4) is 0 Å². The summed E-state index contributed by atoms with van der Waals surface area (Å²) in [6, 6.07) is 0. The molecule has 0 spiro atoms. The van der Waals surface area contributed by atoms with Crippen LogP contribution >= 0.6 is 15.9 Å². The summed E-state index contributed by atoms with van der Waals surface area (Å²) in [6.45, 7) is 0. The Morgan fingerprint density at radius 1 is 0.909 bits per heavy atom. The average molecular weight is 206 g/mol. The predicted octanol–water partition coefficient (Wildman–Crippen LogP) is -0.269. The monoisotopic (exact) mass is 206 g/mol. The lowest BCUT2D eigenvalue weighted by atomic mass is 11.8. The summed E-state index contributed by atoms with van der Waals surface area (Å²) in [5.41, 5.74) is 0. The maximum absolute atomic E-state index is 8.86. The maximum Gasteiger partial charge on any atom is 0.453 e. The molecule has 0 unspecified atom stereocenters. The molecule has 68 valence electrons. The molecule has 4 N–H and O–H groups in total. The van der Waals surface area contributed by atoms with Gasteiger partial charge < -0.3 is 0 Å². The number of hydrogen-bond acceptors (Lipinski definition) is 6. The van der Waals surface area contributed by atoms with Crippen molar-refractivity contribution in [3.05, 3.63) is 0 Å². The lowest BCUT2D eigenvalue weighted by molar-refractivity contribution is 0.259. The summed E-state index contributed by atoms with van der Waals surface area (Å²) in [7, 11) is -5.13. The Morgan fingerprint density at radius 2 is 1.18 bits per heavy atom. The van der Waals surface area contributed by atoms with Gasteiger partial charge >= 0.3 is 21.8 Å².